The first kappa shape index (κ1) is 22.5. The molecule has 0 unspecified atom stereocenters. The number of aromatic nitrogens is 1. The van der Waals surface area contributed by atoms with Crippen molar-refractivity contribution in [1.82, 2.24) is 20.7 Å². The molecular weight excluding hydrogens is 398 g/mol. The number of nitrogens with zero attached hydrogens (tertiary/aromatic N) is 2. The van der Waals surface area contributed by atoms with E-state index in [0.29, 0.717) is 23.7 Å². The Bertz CT molecular complexity index is 939. The van der Waals surface area contributed by atoms with Crippen LogP contribution < -0.4 is 16.1 Å². The number of hydrogen-bond donors (Lipinski definition) is 4. The van der Waals surface area contributed by atoms with Crippen molar-refractivity contribution in [3.05, 3.63) is 36.5 Å². The van der Waals surface area contributed by atoms with E-state index >= 15 is 0 Å². The molecule has 1 atom stereocenters. The summed E-state index contributed by atoms with van der Waals surface area (Å²) in [5.41, 5.74) is 2.77. The molecule has 2 aromatic rings. The molecule has 166 valence electrons. The Morgan fingerprint density at radius 2 is 1.94 bits per heavy atom. The van der Waals surface area contributed by atoms with E-state index < -0.39 is 18.0 Å². The van der Waals surface area contributed by atoms with Crippen LogP contribution in [-0.4, -0.2) is 52.1 Å². The van der Waals surface area contributed by atoms with Crippen LogP contribution >= 0.6 is 0 Å². The number of anilines is 1. The molecule has 1 saturated carbocycles. The summed E-state index contributed by atoms with van der Waals surface area (Å²) in [6.45, 7) is 3.82. The molecule has 9 heteroatoms. The highest BCUT2D eigenvalue weighted by molar-refractivity contribution is 6.01. The lowest BCUT2D eigenvalue weighted by Gasteiger charge is -2.34. The molecule has 0 radical (unpaired) electrons. The highest BCUT2D eigenvalue weighted by atomic mass is 16.5. The van der Waals surface area contributed by atoms with E-state index in [1.165, 1.54) is 4.90 Å². The van der Waals surface area contributed by atoms with Gasteiger partial charge in [0.15, 0.2) is 0 Å². The molecule has 4 amide bonds. The zero-order chi connectivity index (χ0) is 22.4. The first-order chi connectivity index (χ1) is 14.9. The van der Waals surface area contributed by atoms with Gasteiger partial charge in [0, 0.05) is 18.1 Å². The van der Waals surface area contributed by atoms with Crippen LogP contribution in [0.5, 0.6) is 0 Å². The van der Waals surface area contributed by atoms with Crippen LogP contribution in [0.25, 0.3) is 10.9 Å². The van der Waals surface area contributed by atoms with Gasteiger partial charge >= 0.3 is 6.03 Å². The molecule has 1 fully saturated rings. The van der Waals surface area contributed by atoms with E-state index in [9.17, 15) is 14.4 Å². The van der Waals surface area contributed by atoms with Gasteiger partial charge in [0.25, 0.3) is 5.91 Å². The van der Waals surface area contributed by atoms with Gasteiger partial charge in [-0.3, -0.25) is 19.8 Å². The number of hydrogen-bond acceptors (Lipinski definition) is 5. The SMILES string of the molecule is CC(C)[C@H](NC(=O)Nc1cccc2cccnc12)C(=O)N(CC(=O)NO)CC1CCC1. The van der Waals surface area contributed by atoms with Gasteiger partial charge < -0.3 is 15.5 Å². The van der Waals surface area contributed by atoms with E-state index in [-0.39, 0.29) is 18.4 Å². The molecule has 9 nitrogen and oxygen atoms in total. The van der Waals surface area contributed by atoms with Crippen molar-refractivity contribution in [2.45, 2.75) is 39.2 Å². The highest BCUT2D eigenvalue weighted by Crippen LogP contribution is 2.27. The first-order valence-electron chi connectivity index (χ1n) is 10.5. The van der Waals surface area contributed by atoms with Gasteiger partial charge in [-0.1, -0.05) is 38.5 Å². The molecule has 0 aliphatic heterocycles. The lowest BCUT2D eigenvalue weighted by Crippen LogP contribution is -2.55. The lowest BCUT2D eigenvalue weighted by molar-refractivity contribution is -0.142. The summed E-state index contributed by atoms with van der Waals surface area (Å²) in [7, 11) is 0. The number of para-hydroxylation sites is 1. The predicted molar refractivity (Wildman–Crippen MR) is 116 cm³/mol. The maximum Gasteiger partial charge on any atom is 0.319 e. The number of benzene rings is 1. The third-order valence-corrected chi connectivity index (χ3v) is 5.57. The first-order valence-corrected chi connectivity index (χ1v) is 10.5. The smallest absolute Gasteiger partial charge is 0.319 e. The second-order valence-corrected chi connectivity index (χ2v) is 8.25. The molecule has 1 aliphatic rings. The maximum absolute atomic E-state index is 13.2. The van der Waals surface area contributed by atoms with Crippen LogP contribution in [0.4, 0.5) is 10.5 Å². The Kier molecular flexibility index (Phi) is 7.41. The van der Waals surface area contributed by atoms with Crippen LogP contribution in [0.15, 0.2) is 36.5 Å². The van der Waals surface area contributed by atoms with Crippen LogP contribution in [-0.2, 0) is 9.59 Å². The average Bonchev–Trinajstić information content (AvgIpc) is 2.73. The molecule has 0 spiro atoms. The Balaban J connectivity index is 1.72. The average molecular weight is 428 g/mol. The number of pyridine rings is 1. The number of fused-ring (bicyclic) bond motifs is 1. The summed E-state index contributed by atoms with van der Waals surface area (Å²) < 4.78 is 0. The highest BCUT2D eigenvalue weighted by Gasteiger charge is 2.32. The van der Waals surface area contributed by atoms with Crippen molar-refractivity contribution in [3.8, 4) is 0 Å². The van der Waals surface area contributed by atoms with Crippen LogP contribution in [0.1, 0.15) is 33.1 Å². The minimum absolute atomic E-state index is 0.204. The van der Waals surface area contributed by atoms with E-state index in [1.54, 1.807) is 17.7 Å². The zero-order valence-electron chi connectivity index (χ0n) is 17.8. The minimum Gasteiger partial charge on any atom is -0.331 e. The Hall–Kier alpha value is -3.20. The van der Waals surface area contributed by atoms with Crippen molar-refractivity contribution in [3.63, 3.8) is 0 Å². The maximum atomic E-state index is 13.2. The molecule has 1 heterocycles. The van der Waals surface area contributed by atoms with E-state index in [4.69, 9.17) is 5.21 Å². The van der Waals surface area contributed by atoms with Crippen LogP contribution in [0.3, 0.4) is 0 Å². The standard InChI is InChI=1S/C22H29N5O4/c1-14(2)19(21(29)27(13-18(28)26-31)12-15-6-3-7-15)25-22(30)24-17-10-4-8-16-9-5-11-23-20(16)17/h4-5,8-11,14-15,19,31H,3,6-7,12-13H2,1-2H3,(H,26,28)(H2,24,25,30)/t19-/m0/s1. The summed E-state index contributed by atoms with van der Waals surface area (Å²) in [4.78, 5) is 43.4. The predicted octanol–water partition coefficient (Wildman–Crippen LogP) is 2.52. The molecule has 0 saturated heterocycles. The summed E-state index contributed by atoms with van der Waals surface area (Å²) in [6, 6.07) is 7.83. The number of amides is 4. The Labute approximate surface area is 181 Å². The second kappa shape index (κ2) is 10.2. The van der Waals surface area contributed by atoms with Gasteiger partial charge in [0.2, 0.25) is 5.91 Å². The molecule has 3 rings (SSSR count). The fraction of sp³-hybridized carbons (Fsp3) is 0.455. The Morgan fingerprint density at radius 1 is 1.19 bits per heavy atom. The third-order valence-electron chi connectivity index (χ3n) is 5.57. The number of nitrogens with one attached hydrogen (secondary N) is 3. The lowest BCUT2D eigenvalue weighted by atomic mass is 9.85. The zero-order valence-corrected chi connectivity index (χ0v) is 17.8. The number of carbonyl (C=O) groups excluding carboxylic acids is 3. The number of carbonyl (C=O) groups is 3. The quantitative estimate of drug-likeness (QED) is 0.381. The van der Waals surface area contributed by atoms with Gasteiger partial charge in [0.05, 0.1) is 11.2 Å². The van der Waals surface area contributed by atoms with Gasteiger partial charge in [-0.25, -0.2) is 10.3 Å². The number of rotatable bonds is 8. The van der Waals surface area contributed by atoms with Gasteiger partial charge in [0.1, 0.15) is 12.6 Å². The van der Waals surface area contributed by atoms with Crippen LogP contribution in [0, 0.1) is 11.8 Å². The summed E-state index contributed by atoms with van der Waals surface area (Å²) in [5, 5.41) is 15.3. The van der Waals surface area contributed by atoms with E-state index in [1.807, 2.05) is 38.1 Å². The van der Waals surface area contributed by atoms with Crippen molar-refractivity contribution >= 4 is 34.4 Å². The monoisotopic (exact) mass is 427 g/mol. The Morgan fingerprint density at radius 3 is 2.58 bits per heavy atom. The second-order valence-electron chi connectivity index (χ2n) is 8.25. The summed E-state index contributed by atoms with van der Waals surface area (Å²) >= 11 is 0. The topological polar surface area (TPSA) is 124 Å². The number of urea groups is 1. The van der Waals surface area contributed by atoms with Gasteiger partial charge in [-0.15, -0.1) is 0 Å². The number of hydroxylamine groups is 1. The molecule has 0 bridgehead atoms. The molecule has 1 aliphatic carbocycles. The van der Waals surface area contributed by atoms with Crippen molar-refractivity contribution in [2.75, 3.05) is 18.4 Å². The van der Waals surface area contributed by atoms with Gasteiger partial charge in [-0.05, 0) is 36.8 Å². The molecular formula is C22H29N5O4. The molecule has 4 N–H and O–H groups in total. The van der Waals surface area contributed by atoms with E-state index in [0.717, 1.165) is 24.6 Å². The normalized spacial score (nSPS) is 14.6. The fourth-order valence-electron chi connectivity index (χ4n) is 3.64. The molecule has 31 heavy (non-hydrogen) atoms. The van der Waals surface area contributed by atoms with Crippen molar-refractivity contribution < 1.29 is 19.6 Å². The van der Waals surface area contributed by atoms with Crippen molar-refractivity contribution in [2.24, 2.45) is 11.8 Å². The summed E-state index contributed by atoms with van der Waals surface area (Å²) in [5.74, 6) is -0.887. The van der Waals surface area contributed by atoms with Gasteiger partial charge in [-0.2, -0.15) is 0 Å². The third kappa shape index (κ3) is 5.69. The summed E-state index contributed by atoms with van der Waals surface area (Å²) in [6.07, 6.45) is 4.75. The largest absolute Gasteiger partial charge is 0.331 e. The molecule has 1 aromatic heterocycles. The fourth-order valence-corrected chi connectivity index (χ4v) is 3.64. The van der Waals surface area contributed by atoms with Crippen molar-refractivity contribution in [1.29, 1.82) is 0 Å². The molecule has 1 aromatic carbocycles. The van der Waals surface area contributed by atoms with E-state index in [2.05, 4.69) is 15.6 Å². The van der Waals surface area contributed by atoms with Crippen LogP contribution in [0.2, 0.25) is 0 Å². The minimum atomic E-state index is -0.825.